The standard InChI is InChI=1S/C14H18ClFN2/c1-8(17)7-18-11-4-2-3-9(11)13-12(18)6-5-10(16)14(13)15/h5-6,8-9,11H,2-4,7,17H2,1H3/t8-,9?,11?/m0/s1. The molecule has 0 bridgehead atoms. The maximum absolute atomic E-state index is 13.6. The quantitative estimate of drug-likeness (QED) is 0.892. The Morgan fingerprint density at radius 1 is 1.50 bits per heavy atom. The maximum atomic E-state index is 13.6. The summed E-state index contributed by atoms with van der Waals surface area (Å²) in [4.78, 5) is 2.34. The van der Waals surface area contributed by atoms with E-state index in [9.17, 15) is 4.39 Å². The van der Waals surface area contributed by atoms with Gasteiger partial charge in [0.15, 0.2) is 0 Å². The zero-order valence-electron chi connectivity index (χ0n) is 10.5. The number of benzene rings is 1. The molecule has 98 valence electrons. The summed E-state index contributed by atoms with van der Waals surface area (Å²) in [5, 5.41) is 0.316. The normalized spacial score (nSPS) is 27.2. The molecule has 2 aliphatic rings. The van der Waals surface area contributed by atoms with Gasteiger partial charge >= 0.3 is 0 Å². The molecule has 1 aliphatic carbocycles. The van der Waals surface area contributed by atoms with E-state index >= 15 is 0 Å². The molecule has 0 amide bonds. The van der Waals surface area contributed by atoms with Crippen LogP contribution in [0.4, 0.5) is 10.1 Å². The van der Waals surface area contributed by atoms with Gasteiger partial charge in [-0.3, -0.25) is 0 Å². The van der Waals surface area contributed by atoms with Gasteiger partial charge in [-0.05, 0) is 31.9 Å². The second-order valence-corrected chi connectivity index (χ2v) is 5.91. The minimum Gasteiger partial charge on any atom is -0.366 e. The van der Waals surface area contributed by atoms with Crippen LogP contribution >= 0.6 is 11.6 Å². The van der Waals surface area contributed by atoms with E-state index in [-0.39, 0.29) is 11.9 Å². The highest BCUT2D eigenvalue weighted by Gasteiger charge is 2.43. The molecule has 0 aromatic heterocycles. The molecule has 4 heteroatoms. The second kappa shape index (κ2) is 4.39. The van der Waals surface area contributed by atoms with Gasteiger partial charge in [0.2, 0.25) is 0 Å². The van der Waals surface area contributed by atoms with Crippen molar-refractivity contribution in [1.29, 1.82) is 0 Å². The largest absolute Gasteiger partial charge is 0.366 e. The fourth-order valence-corrected chi connectivity index (χ4v) is 3.83. The Morgan fingerprint density at radius 3 is 3.00 bits per heavy atom. The van der Waals surface area contributed by atoms with Crippen LogP contribution in [0.3, 0.4) is 0 Å². The summed E-state index contributed by atoms with van der Waals surface area (Å²) in [7, 11) is 0. The van der Waals surface area contributed by atoms with Crippen molar-refractivity contribution >= 4 is 17.3 Å². The molecule has 0 radical (unpaired) electrons. The minimum absolute atomic E-state index is 0.112. The zero-order chi connectivity index (χ0) is 12.9. The number of rotatable bonds is 2. The average Bonchev–Trinajstić information content (AvgIpc) is 2.86. The first-order valence-corrected chi connectivity index (χ1v) is 6.97. The second-order valence-electron chi connectivity index (χ2n) is 5.53. The summed E-state index contributed by atoms with van der Waals surface area (Å²) in [6, 6.07) is 3.90. The van der Waals surface area contributed by atoms with Gasteiger partial charge in [0.05, 0.1) is 5.02 Å². The van der Waals surface area contributed by atoms with Crippen LogP contribution in [0.15, 0.2) is 12.1 Å². The monoisotopic (exact) mass is 268 g/mol. The summed E-state index contributed by atoms with van der Waals surface area (Å²) in [5.41, 5.74) is 8.04. The molecule has 1 fully saturated rings. The average molecular weight is 269 g/mol. The first kappa shape index (κ1) is 12.2. The van der Waals surface area contributed by atoms with Gasteiger partial charge < -0.3 is 10.6 Å². The summed E-state index contributed by atoms with van der Waals surface area (Å²) in [5.74, 6) is 0.0886. The number of fused-ring (bicyclic) bond motifs is 3. The van der Waals surface area contributed by atoms with Crippen molar-refractivity contribution in [3.8, 4) is 0 Å². The predicted molar refractivity (Wildman–Crippen MR) is 72.8 cm³/mol. The topological polar surface area (TPSA) is 29.3 Å². The third kappa shape index (κ3) is 1.72. The molecule has 1 aromatic rings. The van der Waals surface area contributed by atoms with Crippen molar-refractivity contribution < 1.29 is 4.39 Å². The molecule has 3 atom stereocenters. The van der Waals surface area contributed by atoms with Gasteiger partial charge in [-0.1, -0.05) is 18.0 Å². The maximum Gasteiger partial charge on any atom is 0.142 e. The third-order valence-electron chi connectivity index (χ3n) is 4.15. The summed E-state index contributed by atoms with van der Waals surface area (Å²) in [6.45, 7) is 2.82. The van der Waals surface area contributed by atoms with E-state index in [1.54, 1.807) is 0 Å². The molecule has 0 spiro atoms. The van der Waals surface area contributed by atoms with Crippen molar-refractivity contribution in [1.82, 2.24) is 0 Å². The summed E-state index contributed by atoms with van der Waals surface area (Å²) >= 11 is 6.17. The molecule has 1 aliphatic heterocycles. The molecule has 0 saturated heterocycles. The van der Waals surface area contributed by atoms with Crippen LogP contribution in [0.5, 0.6) is 0 Å². The molecular formula is C14H18ClFN2. The van der Waals surface area contributed by atoms with Gasteiger partial charge in [-0.15, -0.1) is 0 Å². The lowest BCUT2D eigenvalue weighted by Gasteiger charge is -2.28. The van der Waals surface area contributed by atoms with Crippen LogP contribution in [0, 0.1) is 5.82 Å². The van der Waals surface area contributed by atoms with Gasteiger partial charge in [-0.2, -0.15) is 0 Å². The fraction of sp³-hybridized carbons (Fsp3) is 0.571. The van der Waals surface area contributed by atoms with Crippen LogP contribution in [-0.2, 0) is 0 Å². The van der Waals surface area contributed by atoms with Crippen molar-refractivity contribution in [3.63, 3.8) is 0 Å². The smallest absolute Gasteiger partial charge is 0.142 e. The Kier molecular flexibility index (Phi) is 2.99. The van der Waals surface area contributed by atoms with E-state index in [0.717, 1.165) is 30.6 Å². The number of nitrogens with zero attached hydrogens (tertiary/aromatic N) is 1. The summed E-state index contributed by atoms with van der Waals surface area (Å²) < 4.78 is 13.6. The molecule has 2 nitrogen and oxygen atoms in total. The molecule has 1 heterocycles. The lowest BCUT2D eigenvalue weighted by Crippen LogP contribution is -2.40. The molecule has 1 aromatic carbocycles. The Balaban J connectivity index is 2.07. The Hall–Kier alpha value is -0.800. The molecule has 3 rings (SSSR count). The first-order chi connectivity index (χ1) is 8.59. The lowest BCUT2D eigenvalue weighted by atomic mass is 9.97. The van der Waals surface area contributed by atoms with E-state index in [2.05, 4.69) is 4.90 Å². The van der Waals surface area contributed by atoms with E-state index in [4.69, 9.17) is 17.3 Å². The van der Waals surface area contributed by atoms with Crippen molar-refractivity contribution in [2.75, 3.05) is 11.4 Å². The number of nitrogens with two attached hydrogens (primary N) is 1. The van der Waals surface area contributed by atoms with Gasteiger partial charge in [-0.25, -0.2) is 4.39 Å². The Morgan fingerprint density at radius 2 is 2.28 bits per heavy atom. The van der Waals surface area contributed by atoms with Crippen LogP contribution < -0.4 is 10.6 Å². The molecule has 2 unspecified atom stereocenters. The SMILES string of the molecule is C[C@H](N)CN1c2ccc(F)c(Cl)c2C2CCCC21. The number of hydrogen-bond donors (Lipinski definition) is 1. The third-order valence-corrected chi connectivity index (χ3v) is 4.54. The van der Waals surface area contributed by atoms with Crippen LogP contribution in [0.1, 0.15) is 37.7 Å². The van der Waals surface area contributed by atoms with E-state index in [1.807, 2.05) is 13.0 Å². The molecule has 1 saturated carbocycles. The molecule has 2 N–H and O–H groups in total. The Bertz CT molecular complexity index is 475. The number of anilines is 1. The van der Waals surface area contributed by atoms with Crippen molar-refractivity contribution in [3.05, 3.63) is 28.5 Å². The highest BCUT2D eigenvalue weighted by Crippen LogP contribution is 2.52. The highest BCUT2D eigenvalue weighted by molar-refractivity contribution is 6.32. The first-order valence-electron chi connectivity index (χ1n) is 6.59. The minimum atomic E-state index is -0.302. The number of halogens is 2. The summed E-state index contributed by atoms with van der Waals surface area (Å²) in [6.07, 6.45) is 3.46. The van der Waals surface area contributed by atoms with Crippen LogP contribution in [0.2, 0.25) is 5.02 Å². The van der Waals surface area contributed by atoms with E-state index in [0.29, 0.717) is 17.0 Å². The lowest BCUT2D eigenvalue weighted by molar-refractivity contribution is 0.561. The van der Waals surface area contributed by atoms with E-state index in [1.165, 1.54) is 12.5 Å². The van der Waals surface area contributed by atoms with Gasteiger partial charge in [0, 0.05) is 35.8 Å². The van der Waals surface area contributed by atoms with Gasteiger partial charge in [0.1, 0.15) is 5.82 Å². The highest BCUT2D eigenvalue weighted by atomic mass is 35.5. The van der Waals surface area contributed by atoms with Crippen LogP contribution in [-0.4, -0.2) is 18.6 Å². The molecule has 18 heavy (non-hydrogen) atoms. The fourth-order valence-electron chi connectivity index (χ4n) is 3.53. The van der Waals surface area contributed by atoms with Crippen LogP contribution in [0.25, 0.3) is 0 Å². The molecular weight excluding hydrogens is 251 g/mol. The Labute approximate surface area is 112 Å². The zero-order valence-corrected chi connectivity index (χ0v) is 11.3. The predicted octanol–water partition coefficient (Wildman–Crippen LogP) is 3.28. The van der Waals surface area contributed by atoms with Crippen molar-refractivity contribution in [2.45, 2.75) is 44.2 Å². The van der Waals surface area contributed by atoms with Gasteiger partial charge in [0.25, 0.3) is 0 Å². The number of hydrogen-bond acceptors (Lipinski definition) is 2. The van der Waals surface area contributed by atoms with Crippen molar-refractivity contribution in [2.24, 2.45) is 5.73 Å². The van der Waals surface area contributed by atoms with E-state index < -0.39 is 0 Å².